The zero-order valence-corrected chi connectivity index (χ0v) is 12.0. The molecule has 0 atom stereocenters. The summed E-state index contributed by atoms with van der Waals surface area (Å²) in [5.41, 5.74) is 3.76. The quantitative estimate of drug-likeness (QED) is 0.641. The van der Waals surface area contributed by atoms with Crippen molar-refractivity contribution in [2.75, 3.05) is 29.2 Å². The van der Waals surface area contributed by atoms with Gasteiger partial charge in [-0.2, -0.15) is 11.8 Å². The van der Waals surface area contributed by atoms with Crippen LogP contribution in [0.2, 0.25) is 0 Å². The molecule has 3 N–H and O–H groups in total. The van der Waals surface area contributed by atoms with E-state index >= 15 is 0 Å². The van der Waals surface area contributed by atoms with Crippen molar-refractivity contribution in [3.05, 3.63) is 11.9 Å². The largest absolute Gasteiger partial charge is 0.354 e. The Morgan fingerprint density at radius 1 is 1.50 bits per heavy atom. The highest BCUT2D eigenvalue weighted by atomic mass is 32.2. The molecular formula is C12H21N5S. The Labute approximate surface area is 113 Å². The molecule has 6 heteroatoms. The molecule has 2 rings (SSSR count). The van der Waals surface area contributed by atoms with Crippen LogP contribution in [0.4, 0.5) is 11.6 Å². The summed E-state index contributed by atoms with van der Waals surface area (Å²) in [4.78, 5) is 11.0. The molecule has 0 amide bonds. The Kier molecular flexibility index (Phi) is 3.97. The van der Waals surface area contributed by atoms with Crippen molar-refractivity contribution < 1.29 is 0 Å². The number of aromatic nitrogens is 2. The molecule has 5 nitrogen and oxygen atoms in total. The van der Waals surface area contributed by atoms with Crippen LogP contribution >= 0.6 is 11.8 Å². The number of nitrogens with zero attached hydrogens (tertiary/aromatic N) is 3. The molecule has 0 aliphatic carbocycles. The minimum Gasteiger partial charge on any atom is -0.354 e. The average molecular weight is 267 g/mol. The Morgan fingerprint density at radius 3 is 2.89 bits per heavy atom. The highest BCUT2D eigenvalue weighted by Crippen LogP contribution is 2.33. The zero-order chi connectivity index (χ0) is 13.2. The van der Waals surface area contributed by atoms with E-state index in [9.17, 15) is 0 Å². The number of nitrogen functional groups attached to an aromatic ring is 1. The van der Waals surface area contributed by atoms with Gasteiger partial charge in [0.1, 0.15) is 18.0 Å². The normalized spacial score (nSPS) is 18.8. The molecule has 0 radical (unpaired) electrons. The molecule has 0 aromatic carbocycles. The summed E-state index contributed by atoms with van der Waals surface area (Å²) in [6.07, 6.45) is 2.46. The molecule has 1 aromatic rings. The van der Waals surface area contributed by atoms with Crippen LogP contribution < -0.4 is 16.2 Å². The fourth-order valence-corrected chi connectivity index (χ4v) is 3.43. The summed E-state index contributed by atoms with van der Waals surface area (Å²) in [6, 6.07) is 0. The number of nitrogens with one attached hydrogen (secondary N) is 1. The first kappa shape index (κ1) is 13.4. The van der Waals surface area contributed by atoms with Crippen LogP contribution in [0.5, 0.6) is 0 Å². The van der Waals surface area contributed by atoms with Gasteiger partial charge in [-0.05, 0) is 20.3 Å². The maximum Gasteiger partial charge on any atom is 0.148 e. The summed E-state index contributed by atoms with van der Waals surface area (Å²) >= 11 is 2.02. The number of anilines is 2. The summed E-state index contributed by atoms with van der Waals surface area (Å²) in [5.74, 6) is 8.40. The minimum atomic E-state index is 0.268. The number of hydrogen-bond acceptors (Lipinski definition) is 6. The van der Waals surface area contributed by atoms with Gasteiger partial charge in [-0.1, -0.05) is 6.92 Å². The molecule has 0 spiro atoms. The second-order valence-electron chi connectivity index (χ2n) is 5.05. The van der Waals surface area contributed by atoms with Crippen molar-refractivity contribution in [2.45, 2.75) is 31.9 Å². The first-order valence-corrected chi connectivity index (χ1v) is 7.25. The molecule has 18 heavy (non-hydrogen) atoms. The minimum absolute atomic E-state index is 0.268. The molecule has 0 saturated carbocycles. The number of rotatable bonds is 3. The van der Waals surface area contributed by atoms with E-state index in [1.54, 1.807) is 6.33 Å². The molecule has 1 aliphatic heterocycles. The van der Waals surface area contributed by atoms with Gasteiger partial charge < -0.3 is 10.3 Å². The summed E-state index contributed by atoms with van der Waals surface area (Å²) < 4.78 is 0.268. The second kappa shape index (κ2) is 5.32. The van der Waals surface area contributed by atoms with Gasteiger partial charge in [-0.25, -0.2) is 15.8 Å². The Hall–Kier alpha value is -1.01. The summed E-state index contributed by atoms with van der Waals surface area (Å²) in [5, 5.41) is 0. The Bertz CT molecular complexity index is 421. The zero-order valence-electron chi connectivity index (χ0n) is 11.2. The van der Waals surface area contributed by atoms with E-state index < -0.39 is 0 Å². The Morgan fingerprint density at radius 2 is 2.28 bits per heavy atom. The van der Waals surface area contributed by atoms with Gasteiger partial charge in [-0.3, -0.25) is 0 Å². The topological polar surface area (TPSA) is 67.1 Å². The lowest BCUT2D eigenvalue weighted by atomic mass is 10.1. The Balaban J connectivity index is 2.32. The van der Waals surface area contributed by atoms with Crippen molar-refractivity contribution in [2.24, 2.45) is 5.84 Å². The maximum absolute atomic E-state index is 5.52. The molecular weight excluding hydrogens is 246 g/mol. The molecule has 1 fully saturated rings. The van der Waals surface area contributed by atoms with Crippen molar-refractivity contribution in [1.29, 1.82) is 0 Å². The standard InChI is InChI=1S/C12H21N5S/c1-4-9-10(16-13)14-8-15-11(9)17-5-6-18-12(2,3)7-17/h8H,4-7,13H2,1-3H3,(H,14,15,16). The molecule has 0 bridgehead atoms. The fourth-order valence-electron chi connectivity index (χ4n) is 2.32. The first-order chi connectivity index (χ1) is 8.57. The van der Waals surface area contributed by atoms with Gasteiger partial charge in [0.25, 0.3) is 0 Å². The lowest BCUT2D eigenvalue weighted by molar-refractivity contribution is 0.639. The monoisotopic (exact) mass is 267 g/mol. The number of hydrogen-bond donors (Lipinski definition) is 2. The van der Waals surface area contributed by atoms with Crippen molar-refractivity contribution >= 4 is 23.4 Å². The molecule has 1 aromatic heterocycles. The van der Waals surface area contributed by atoms with Crippen molar-refractivity contribution in [3.63, 3.8) is 0 Å². The number of thioether (sulfide) groups is 1. The lowest BCUT2D eigenvalue weighted by Gasteiger charge is -2.39. The molecule has 1 aliphatic rings. The van der Waals surface area contributed by atoms with Gasteiger partial charge in [0.2, 0.25) is 0 Å². The van der Waals surface area contributed by atoms with Gasteiger partial charge in [-0.15, -0.1) is 0 Å². The van der Waals surface area contributed by atoms with Crippen LogP contribution in [0.1, 0.15) is 26.3 Å². The second-order valence-corrected chi connectivity index (χ2v) is 6.85. The van der Waals surface area contributed by atoms with E-state index in [0.29, 0.717) is 0 Å². The predicted octanol–water partition coefficient (Wildman–Crippen LogP) is 1.66. The smallest absolute Gasteiger partial charge is 0.148 e. The van der Waals surface area contributed by atoms with Crippen LogP contribution in [-0.4, -0.2) is 33.6 Å². The summed E-state index contributed by atoms with van der Waals surface area (Å²) in [7, 11) is 0. The predicted molar refractivity (Wildman–Crippen MR) is 78.0 cm³/mol. The van der Waals surface area contributed by atoms with E-state index in [1.807, 2.05) is 11.8 Å². The maximum atomic E-state index is 5.52. The van der Waals surface area contributed by atoms with E-state index in [1.165, 1.54) is 0 Å². The molecule has 100 valence electrons. The molecule has 1 saturated heterocycles. The lowest BCUT2D eigenvalue weighted by Crippen LogP contribution is -2.44. The van der Waals surface area contributed by atoms with Gasteiger partial charge in [0.15, 0.2) is 0 Å². The van der Waals surface area contributed by atoms with Crippen molar-refractivity contribution in [3.8, 4) is 0 Å². The van der Waals surface area contributed by atoms with Crippen LogP contribution in [0, 0.1) is 0 Å². The molecule has 0 unspecified atom stereocenters. The molecule has 2 heterocycles. The van der Waals surface area contributed by atoms with E-state index in [2.05, 4.69) is 41.1 Å². The summed E-state index contributed by atoms with van der Waals surface area (Å²) in [6.45, 7) is 8.69. The SMILES string of the molecule is CCc1c(NN)ncnc1N1CCSC(C)(C)C1. The van der Waals surface area contributed by atoms with Gasteiger partial charge in [0.05, 0.1) is 0 Å². The third kappa shape index (κ3) is 2.70. The number of hydrazine groups is 1. The third-order valence-electron chi connectivity index (χ3n) is 3.14. The van der Waals surface area contributed by atoms with Crippen molar-refractivity contribution in [1.82, 2.24) is 9.97 Å². The first-order valence-electron chi connectivity index (χ1n) is 6.27. The van der Waals surface area contributed by atoms with Gasteiger partial charge in [0, 0.05) is 29.2 Å². The van der Waals surface area contributed by atoms with Crippen LogP contribution in [-0.2, 0) is 6.42 Å². The third-order valence-corrected chi connectivity index (χ3v) is 4.44. The average Bonchev–Trinajstić information content (AvgIpc) is 2.36. The van der Waals surface area contributed by atoms with Crippen LogP contribution in [0.3, 0.4) is 0 Å². The van der Waals surface area contributed by atoms with Crippen LogP contribution in [0.25, 0.3) is 0 Å². The number of nitrogens with two attached hydrogens (primary N) is 1. The van der Waals surface area contributed by atoms with E-state index in [-0.39, 0.29) is 4.75 Å². The fraction of sp³-hybridized carbons (Fsp3) is 0.667. The van der Waals surface area contributed by atoms with Crippen LogP contribution in [0.15, 0.2) is 6.33 Å². The highest BCUT2D eigenvalue weighted by molar-refractivity contribution is 8.00. The van der Waals surface area contributed by atoms with Gasteiger partial charge >= 0.3 is 0 Å². The van der Waals surface area contributed by atoms with E-state index in [0.717, 1.165) is 42.5 Å². The highest BCUT2D eigenvalue weighted by Gasteiger charge is 2.29. The van der Waals surface area contributed by atoms with E-state index in [4.69, 9.17) is 5.84 Å².